The van der Waals surface area contributed by atoms with Crippen molar-refractivity contribution in [2.75, 3.05) is 31.5 Å². The standard InChI is InChI=1S/C15H23BrN2/c1-2-13-7-10-18(11-8-13)12-9-17-15-5-3-14(16)4-6-15/h3-6,13,17H,2,7-12H2,1H3. The zero-order valence-corrected chi connectivity index (χ0v) is 12.7. The van der Waals surface area contributed by atoms with Crippen molar-refractivity contribution in [3.8, 4) is 0 Å². The van der Waals surface area contributed by atoms with E-state index in [1.807, 2.05) is 0 Å². The number of piperidine rings is 1. The second-order valence-electron chi connectivity index (χ2n) is 5.13. The number of anilines is 1. The fourth-order valence-electron chi connectivity index (χ4n) is 2.54. The van der Waals surface area contributed by atoms with Gasteiger partial charge in [0.15, 0.2) is 0 Å². The molecule has 0 radical (unpaired) electrons. The quantitative estimate of drug-likeness (QED) is 0.885. The molecule has 1 aromatic rings. The first-order valence-corrected chi connectivity index (χ1v) is 7.79. The molecule has 18 heavy (non-hydrogen) atoms. The Kier molecular flexibility index (Phi) is 5.51. The Morgan fingerprint density at radius 2 is 1.89 bits per heavy atom. The average Bonchev–Trinajstić information content (AvgIpc) is 2.42. The molecule has 0 amide bonds. The maximum absolute atomic E-state index is 3.48. The van der Waals surface area contributed by atoms with Crippen molar-refractivity contribution in [2.24, 2.45) is 5.92 Å². The lowest BCUT2D eigenvalue weighted by atomic mass is 9.94. The maximum Gasteiger partial charge on any atom is 0.0341 e. The van der Waals surface area contributed by atoms with E-state index in [-0.39, 0.29) is 0 Å². The second-order valence-corrected chi connectivity index (χ2v) is 6.04. The van der Waals surface area contributed by atoms with E-state index in [2.05, 4.69) is 57.3 Å². The van der Waals surface area contributed by atoms with Crippen molar-refractivity contribution < 1.29 is 0 Å². The summed E-state index contributed by atoms with van der Waals surface area (Å²) in [6.45, 7) is 7.07. The molecule has 0 bridgehead atoms. The van der Waals surface area contributed by atoms with E-state index in [4.69, 9.17) is 0 Å². The predicted molar refractivity (Wildman–Crippen MR) is 82.1 cm³/mol. The molecule has 0 aliphatic carbocycles. The van der Waals surface area contributed by atoms with Crippen LogP contribution in [0.5, 0.6) is 0 Å². The average molecular weight is 311 g/mol. The molecule has 1 heterocycles. The van der Waals surface area contributed by atoms with Crippen LogP contribution in [0.4, 0.5) is 5.69 Å². The summed E-state index contributed by atoms with van der Waals surface area (Å²) in [5.74, 6) is 0.973. The third-order valence-electron chi connectivity index (χ3n) is 3.89. The van der Waals surface area contributed by atoms with Gasteiger partial charge in [0.25, 0.3) is 0 Å². The number of halogens is 1. The van der Waals surface area contributed by atoms with Crippen molar-refractivity contribution >= 4 is 21.6 Å². The molecule has 100 valence electrons. The van der Waals surface area contributed by atoms with Gasteiger partial charge in [-0.05, 0) is 56.1 Å². The highest BCUT2D eigenvalue weighted by molar-refractivity contribution is 9.10. The van der Waals surface area contributed by atoms with Crippen LogP contribution in [0.1, 0.15) is 26.2 Å². The fraction of sp³-hybridized carbons (Fsp3) is 0.600. The monoisotopic (exact) mass is 310 g/mol. The van der Waals surface area contributed by atoms with Crippen LogP contribution < -0.4 is 5.32 Å². The Morgan fingerprint density at radius 3 is 2.50 bits per heavy atom. The van der Waals surface area contributed by atoms with Crippen molar-refractivity contribution in [2.45, 2.75) is 26.2 Å². The number of nitrogens with one attached hydrogen (secondary N) is 1. The summed E-state index contributed by atoms with van der Waals surface area (Å²) in [4.78, 5) is 2.58. The van der Waals surface area contributed by atoms with Gasteiger partial charge in [0, 0.05) is 23.2 Å². The van der Waals surface area contributed by atoms with Crippen molar-refractivity contribution in [1.82, 2.24) is 4.90 Å². The minimum atomic E-state index is 0.973. The molecule has 0 aromatic heterocycles. The molecule has 0 unspecified atom stereocenters. The fourth-order valence-corrected chi connectivity index (χ4v) is 2.81. The van der Waals surface area contributed by atoms with Crippen LogP contribution >= 0.6 is 15.9 Å². The van der Waals surface area contributed by atoms with E-state index in [0.717, 1.165) is 23.5 Å². The SMILES string of the molecule is CCC1CCN(CCNc2ccc(Br)cc2)CC1. The van der Waals surface area contributed by atoms with Crippen LogP contribution in [-0.2, 0) is 0 Å². The molecule has 0 saturated carbocycles. The van der Waals surface area contributed by atoms with E-state index in [9.17, 15) is 0 Å². The third kappa shape index (κ3) is 4.29. The molecule has 1 aromatic carbocycles. The molecule has 1 saturated heterocycles. The van der Waals surface area contributed by atoms with Gasteiger partial charge in [-0.25, -0.2) is 0 Å². The number of nitrogens with zero attached hydrogens (tertiary/aromatic N) is 1. The Hall–Kier alpha value is -0.540. The third-order valence-corrected chi connectivity index (χ3v) is 4.41. The lowest BCUT2D eigenvalue weighted by Gasteiger charge is -2.31. The molecule has 3 heteroatoms. The summed E-state index contributed by atoms with van der Waals surface area (Å²) in [7, 11) is 0. The first-order valence-electron chi connectivity index (χ1n) is 6.99. The van der Waals surface area contributed by atoms with Crippen LogP contribution in [0.3, 0.4) is 0 Å². The highest BCUT2D eigenvalue weighted by atomic mass is 79.9. The predicted octanol–water partition coefficient (Wildman–Crippen LogP) is 3.98. The highest BCUT2D eigenvalue weighted by Crippen LogP contribution is 2.19. The Labute approximate surface area is 119 Å². The Balaban J connectivity index is 1.65. The molecule has 1 aliphatic heterocycles. The van der Waals surface area contributed by atoms with Gasteiger partial charge in [0.1, 0.15) is 0 Å². The summed E-state index contributed by atoms with van der Waals surface area (Å²) in [5.41, 5.74) is 1.21. The van der Waals surface area contributed by atoms with E-state index in [0.29, 0.717) is 0 Å². The molecular weight excluding hydrogens is 288 g/mol. The summed E-state index contributed by atoms with van der Waals surface area (Å²) in [6.07, 6.45) is 4.12. The molecular formula is C15H23BrN2. The van der Waals surface area contributed by atoms with Crippen molar-refractivity contribution in [3.05, 3.63) is 28.7 Å². The van der Waals surface area contributed by atoms with Gasteiger partial charge in [-0.2, -0.15) is 0 Å². The van der Waals surface area contributed by atoms with Crippen LogP contribution in [0.15, 0.2) is 28.7 Å². The number of rotatable bonds is 5. The smallest absolute Gasteiger partial charge is 0.0341 e. The van der Waals surface area contributed by atoms with Gasteiger partial charge in [0.2, 0.25) is 0 Å². The number of likely N-dealkylation sites (tertiary alicyclic amines) is 1. The lowest BCUT2D eigenvalue weighted by Crippen LogP contribution is -2.36. The number of benzene rings is 1. The molecule has 2 nitrogen and oxygen atoms in total. The molecule has 0 spiro atoms. The first kappa shape index (κ1) is 13.9. The Bertz CT molecular complexity index is 342. The summed E-state index contributed by atoms with van der Waals surface area (Å²) in [6, 6.07) is 8.39. The molecule has 1 aliphatic rings. The van der Waals surface area contributed by atoms with E-state index < -0.39 is 0 Å². The van der Waals surface area contributed by atoms with Gasteiger partial charge in [-0.15, -0.1) is 0 Å². The number of hydrogen-bond donors (Lipinski definition) is 1. The topological polar surface area (TPSA) is 15.3 Å². The van der Waals surface area contributed by atoms with E-state index in [1.54, 1.807) is 0 Å². The number of hydrogen-bond acceptors (Lipinski definition) is 2. The highest BCUT2D eigenvalue weighted by Gasteiger charge is 2.16. The summed E-state index contributed by atoms with van der Waals surface area (Å²) >= 11 is 3.45. The van der Waals surface area contributed by atoms with Gasteiger partial charge < -0.3 is 10.2 Å². The lowest BCUT2D eigenvalue weighted by molar-refractivity contribution is 0.188. The first-order chi connectivity index (χ1) is 8.78. The van der Waals surface area contributed by atoms with Crippen molar-refractivity contribution in [1.29, 1.82) is 0 Å². The largest absolute Gasteiger partial charge is 0.384 e. The molecule has 2 rings (SSSR count). The van der Waals surface area contributed by atoms with Crippen LogP contribution in [0.2, 0.25) is 0 Å². The van der Waals surface area contributed by atoms with Crippen LogP contribution in [0, 0.1) is 5.92 Å². The zero-order chi connectivity index (χ0) is 12.8. The zero-order valence-electron chi connectivity index (χ0n) is 11.2. The van der Waals surface area contributed by atoms with E-state index in [1.165, 1.54) is 38.0 Å². The van der Waals surface area contributed by atoms with Gasteiger partial charge in [-0.3, -0.25) is 0 Å². The molecule has 0 atom stereocenters. The Morgan fingerprint density at radius 1 is 1.22 bits per heavy atom. The maximum atomic E-state index is 3.48. The molecule has 1 fully saturated rings. The van der Waals surface area contributed by atoms with Crippen molar-refractivity contribution in [3.63, 3.8) is 0 Å². The summed E-state index contributed by atoms with van der Waals surface area (Å²) < 4.78 is 1.13. The van der Waals surface area contributed by atoms with Gasteiger partial charge in [0.05, 0.1) is 0 Å². The van der Waals surface area contributed by atoms with Gasteiger partial charge in [-0.1, -0.05) is 29.3 Å². The second kappa shape index (κ2) is 7.15. The minimum absolute atomic E-state index is 0.973. The molecule has 1 N–H and O–H groups in total. The van der Waals surface area contributed by atoms with Gasteiger partial charge >= 0.3 is 0 Å². The summed E-state index contributed by atoms with van der Waals surface area (Å²) in [5, 5.41) is 3.48. The minimum Gasteiger partial charge on any atom is -0.384 e. The van der Waals surface area contributed by atoms with Crippen LogP contribution in [0.25, 0.3) is 0 Å². The normalized spacial score (nSPS) is 17.9. The van der Waals surface area contributed by atoms with E-state index >= 15 is 0 Å². The van der Waals surface area contributed by atoms with Crippen LogP contribution in [-0.4, -0.2) is 31.1 Å².